The van der Waals surface area contributed by atoms with Crippen molar-refractivity contribution in [3.8, 4) is 0 Å². The average molecular weight is 518 g/mol. The van der Waals surface area contributed by atoms with Crippen molar-refractivity contribution in [3.05, 3.63) is 35.6 Å². The third-order valence-corrected chi connectivity index (χ3v) is 5.53. The first-order valence-electron chi connectivity index (χ1n) is 10.6. The predicted molar refractivity (Wildman–Crippen MR) is 128 cm³/mol. The molecule has 29 heavy (non-hydrogen) atoms. The summed E-state index contributed by atoms with van der Waals surface area (Å²) in [4.78, 5) is 18.8. The average Bonchev–Trinajstić information content (AvgIpc) is 2.71. The van der Waals surface area contributed by atoms with Gasteiger partial charge in [0.05, 0.1) is 0 Å². The molecule has 0 aromatic heterocycles. The van der Waals surface area contributed by atoms with E-state index in [4.69, 9.17) is 0 Å². The molecule has 1 aliphatic heterocycles. The Morgan fingerprint density at radius 2 is 1.97 bits per heavy atom. The highest BCUT2D eigenvalue weighted by Crippen LogP contribution is 2.17. The van der Waals surface area contributed by atoms with E-state index < -0.39 is 0 Å². The Kier molecular flexibility index (Phi) is 12.2. The SMILES string of the molecule is CCC(CC)C(=O)N1CCC(NC(=NC)NCCCc2cccc(F)c2)CC1.I. The lowest BCUT2D eigenvalue weighted by Crippen LogP contribution is -2.50. The van der Waals surface area contributed by atoms with Gasteiger partial charge < -0.3 is 15.5 Å². The highest BCUT2D eigenvalue weighted by molar-refractivity contribution is 14.0. The Labute approximate surface area is 191 Å². The minimum atomic E-state index is -0.183. The molecule has 2 rings (SSSR count). The van der Waals surface area contributed by atoms with E-state index in [1.54, 1.807) is 19.2 Å². The molecule has 1 aliphatic rings. The molecule has 5 nitrogen and oxygen atoms in total. The van der Waals surface area contributed by atoms with Gasteiger partial charge in [0, 0.05) is 38.6 Å². The maximum absolute atomic E-state index is 13.2. The molecular weight excluding hydrogens is 482 g/mol. The van der Waals surface area contributed by atoms with Crippen molar-refractivity contribution < 1.29 is 9.18 Å². The fourth-order valence-electron chi connectivity index (χ4n) is 3.72. The largest absolute Gasteiger partial charge is 0.356 e. The highest BCUT2D eigenvalue weighted by atomic mass is 127. The standard InChI is InChI=1S/C22H35FN4O.HI/c1-4-18(5-2)21(28)27-14-11-20(12-15-27)26-22(24-3)25-13-7-9-17-8-6-10-19(23)16-17;/h6,8,10,16,18,20H,4-5,7,9,11-15H2,1-3H3,(H2,24,25,26);1H. The van der Waals surface area contributed by atoms with Crippen LogP contribution < -0.4 is 10.6 Å². The smallest absolute Gasteiger partial charge is 0.225 e. The van der Waals surface area contributed by atoms with Crippen molar-refractivity contribution in [2.24, 2.45) is 10.9 Å². The van der Waals surface area contributed by atoms with Gasteiger partial charge in [-0.3, -0.25) is 9.79 Å². The number of likely N-dealkylation sites (tertiary alicyclic amines) is 1. The number of halogens is 2. The summed E-state index contributed by atoms with van der Waals surface area (Å²) in [7, 11) is 1.77. The van der Waals surface area contributed by atoms with Crippen molar-refractivity contribution in [1.82, 2.24) is 15.5 Å². The number of benzene rings is 1. The summed E-state index contributed by atoms with van der Waals surface area (Å²) in [6.45, 7) is 6.57. The molecule has 0 bridgehead atoms. The molecule has 0 aliphatic carbocycles. The van der Waals surface area contributed by atoms with Gasteiger partial charge in [0.15, 0.2) is 5.96 Å². The van der Waals surface area contributed by atoms with Gasteiger partial charge in [-0.15, -0.1) is 24.0 Å². The quantitative estimate of drug-likeness (QED) is 0.237. The van der Waals surface area contributed by atoms with Gasteiger partial charge in [0.1, 0.15) is 5.82 Å². The van der Waals surface area contributed by atoms with Crippen LogP contribution in [-0.4, -0.2) is 49.5 Å². The number of aliphatic imine (C=N–C) groups is 1. The van der Waals surface area contributed by atoms with E-state index in [2.05, 4.69) is 29.5 Å². The van der Waals surface area contributed by atoms with Crippen molar-refractivity contribution in [1.29, 1.82) is 0 Å². The third-order valence-electron chi connectivity index (χ3n) is 5.53. The Hall–Kier alpha value is -1.38. The monoisotopic (exact) mass is 518 g/mol. The zero-order valence-corrected chi connectivity index (χ0v) is 20.2. The molecule has 1 aromatic rings. The number of hydrogen-bond acceptors (Lipinski definition) is 2. The number of rotatable bonds is 8. The van der Waals surface area contributed by atoms with Gasteiger partial charge in [-0.25, -0.2) is 4.39 Å². The Morgan fingerprint density at radius 3 is 2.55 bits per heavy atom. The Morgan fingerprint density at radius 1 is 1.28 bits per heavy atom. The Bertz CT molecular complexity index is 643. The lowest BCUT2D eigenvalue weighted by atomic mass is 9.98. The summed E-state index contributed by atoms with van der Waals surface area (Å²) in [5.74, 6) is 1.08. The number of carbonyl (C=O) groups is 1. The third kappa shape index (κ3) is 8.48. The maximum atomic E-state index is 13.2. The maximum Gasteiger partial charge on any atom is 0.225 e. The number of nitrogens with zero attached hydrogens (tertiary/aromatic N) is 2. The lowest BCUT2D eigenvalue weighted by molar-refractivity contribution is -0.136. The summed E-state index contributed by atoms with van der Waals surface area (Å²) in [6.07, 6.45) is 5.45. The molecule has 164 valence electrons. The molecule has 1 amide bonds. The van der Waals surface area contributed by atoms with Crippen LogP contribution in [0.4, 0.5) is 4.39 Å². The predicted octanol–water partition coefficient (Wildman–Crippen LogP) is 3.97. The number of aryl methyl sites for hydroxylation is 1. The lowest BCUT2D eigenvalue weighted by Gasteiger charge is -2.34. The van der Waals surface area contributed by atoms with Gasteiger partial charge >= 0.3 is 0 Å². The normalized spacial score (nSPS) is 15.2. The van der Waals surface area contributed by atoms with E-state index in [1.165, 1.54) is 6.07 Å². The van der Waals surface area contributed by atoms with Crippen molar-refractivity contribution in [2.75, 3.05) is 26.7 Å². The van der Waals surface area contributed by atoms with Crippen LogP contribution in [0.2, 0.25) is 0 Å². The first kappa shape index (κ1) is 25.7. The number of amides is 1. The topological polar surface area (TPSA) is 56.7 Å². The van der Waals surface area contributed by atoms with Crippen LogP contribution in [0.5, 0.6) is 0 Å². The minimum Gasteiger partial charge on any atom is -0.356 e. The van der Waals surface area contributed by atoms with E-state index >= 15 is 0 Å². The van der Waals surface area contributed by atoms with E-state index in [9.17, 15) is 9.18 Å². The molecule has 2 N–H and O–H groups in total. The molecule has 1 heterocycles. The summed E-state index contributed by atoms with van der Waals surface area (Å²) in [6, 6.07) is 7.09. The molecule has 0 unspecified atom stereocenters. The summed E-state index contributed by atoms with van der Waals surface area (Å²) in [5.41, 5.74) is 1.01. The summed E-state index contributed by atoms with van der Waals surface area (Å²) >= 11 is 0. The highest BCUT2D eigenvalue weighted by Gasteiger charge is 2.26. The molecule has 1 aromatic carbocycles. The second-order valence-corrected chi connectivity index (χ2v) is 7.49. The fourth-order valence-corrected chi connectivity index (χ4v) is 3.72. The fraction of sp³-hybridized carbons (Fsp3) is 0.636. The van der Waals surface area contributed by atoms with Crippen molar-refractivity contribution >= 4 is 35.8 Å². The van der Waals surface area contributed by atoms with E-state index in [-0.39, 0.29) is 35.7 Å². The summed E-state index contributed by atoms with van der Waals surface area (Å²) < 4.78 is 13.2. The zero-order valence-electron chi connectivity index (χ0n) is 17.9. The van der Waals surface area contributed by atoms with Gasteiger partial charge in [-0.2, -0.15) is 0 Å². The number of nitrogens with one attached hydrogen (secondary N) is 2. The molecule has 1 saturated heterocycles. The molecule has 0 spiro atoms. The van der Waals surface area contributed by atoms with Crippen LogP contribution in [0.3, 0.4) is 0 Å². The molecule has 0 radical (unpaired) electrons. The number of carbonyl (C=O) groups excluding carboxylic acids is 1. The minimum absolute atomic E-state index is 0. The second-order valence-electron chi connectivity index (χ2n) is 7.49. The molecule has 1 fully saturated rings. The van der Waals surface area contributed by atoms with Crippen LogP contribution >= 0.6 is 24.0 Å². The van der Waals surface area contributed by atoms with Crippen molar-refractivity contribution in [3.63, 3.8) is 0 Å². The van der Waals surface area contributed by atoms with Gasteiger partial charge in [-0.1, -0.05) is 26.0 Å². The number of piperidine rings is 1. The van der Waals surface area contributed by atoms with Crippen LogP contribution in [0.1, 0.15) is 51.5 Å². The molecule has 0 atom stereocenters. The van der Waals surface area contributed by atoms with Crippen LogP contribution in [0.25, 0.3) is 0 Å². The van der Waals surface area contributed by atoms with E-state index in [0.29, 0.717) is 11.9 Å². The van der Waals surface area contributed by atoms with Gasteiger partial charge in [0.25, 0.3) is 0 Å². The van der Waals surface area contributed by atoms with Gasteiger partial charge in [0.2, 0.25) is 5.91 Å². The number of guanidine groups is 1. The Balaban J connectivity index is 0.00000420. The van der Waals surface area contributed by atoms with Crippen LogP contribution in [0.15, 0.2) is 29.3 Å². The first-order valence-corrected chi connectivity index (χ1v) is 10.6. The second kappa shape index (κ2) is 13.8. The zero-order chi connectivity index (χ0) is 20.4. The van der Waals surface area contributed by atoms with E-state index in [0.717, 1.165) is 69.7 Å². The molecular formula is C22H36FIN4O. The first-order chi connectivity index (χ1) is 13.6. The summed E-state index contributed by atoms with van der Waals surface area (Å²) in [5, 5.41) is 6.81. The molecule has 7 heteroatoms. The number of hydrogen-bond donors (Lipinski definition) is 2. The van der Waals surface area contributed by atoms with Gasteiger partial charge in [-0.05, 0) is 56.2 Å². The van der Waals surface area contributed by atoms with Crippen LogP contribution in [0, 0.1) is 11.7 Å². The van der Waals surface area contributed by atoms with E-state index in [1.807, 2.05) is 11.0 Å². The van der Waals surface area contributed by atoms with Crippen LogP contribution in [-0.2, 0) is 11.2 Å². The van der Waals surface area contributed by atoms with Crippen molar-refractivity contribution in [2.45, 2.75) is 58.4 Å². The molecule has 0 saturated carbocycles.